The van der Waals surface area contributed by atoms with Crippen molar-refractivity contribution in [2.75, 3.05) is 13.2 Å². The Balaban J connectivity index is 1.75. The van der Waals surface area contributed by atoms with Crippen molar-refractivity contribution in [2.24, 2.45) is 0 Å². The van der Waals surface area contributed by atoms with E-state index >= 15 is 0 Å². The highest BCUT2D eigenvalue weighted by Crippen LogP contribution is 2.10. The van der Waals surface area contributed by atoms with E-state index in [1.807, 2.05) is 18.2 Å². The Labute approximate surface area is 124 Å². The number of benzene rings is 1. The molecule has 4 nitrogen and oxygen atoms in total. The monoisotopic (exact) mass is 285 g/mol. The van der Waals surface area contributed by atoms with Gasteiger partial charge in [0.15, 0.2) is 0 Å². The van der Waals surface area contributed by atoms with Crippen molar-refractivity contribution in [2.45, 2.75) is 19.8 Å². The Morgan fingerprint density at radius 3 is 2.62 bits per heavy atom. The minimum absolute atomic E-state index is 0.358. The number of hydrogen-bond donors (Lipinski definition) is 0. The molecule has 0 unspecified atom stereocenters. The van der Waals surface area contributed by atoms with Crippen molar-refractivity contribution >= 4 is 5.97 Å². The number of esters is 1. The number of rotatable bonds is 7. The van der Waals surface area contributed by atoms with E-state index in [0.29, 0.717) is 24.7 Å². The first-order chi connectivity index (χ1) is 10.3. The van der Waals surface area contributed by atoms with Gasteiger partial charge in [-0.25, -0.2) is 9.78 Å². The van der Waals surface area contributed by atoms with Crippen molar-refractivity contribution in [3.8, 4) is 5.88 Å². The van der Waals surface area contributed by atoms with Gasteiger partial charge in [0.1, 0.15) is 0 Å². The molecule has 0 aliphatic rings. The van der Waals surface area contributed by atoms with Gasteiger partial charge in [-0.1, -0.05) is 30.3 Å². The molecule has 0 aliphatic heterocycles. The fourth-order valence-corrected chi connectivity index (χ4v) is 1.90. The zero-order valence-corrected chi connectivity index (χ0v) is 12.1. The molecule has 0 amide bonds. The predicted octanol–water partition coefficient (Wildman–Crippen LogP) is 3.27. The van der Waals surface area contributed by atoms with Crippen LogP contribution in [-0.2, 0) is 11.2 Å². The molecule has 2 rings (SSSR count). The molecular formula is C17H19NO3. The lowest BCUT2D eigenvalue weighted by Gasteiger charge is -2.06. The normalized spacial score (nSPS) is 10.1. The summed E-state index contributed by atoms with van der Waals surface area (Å²) < 4.78 is 10.5. The van der Waals surface area contributed by atoms with Crippen LogP contribution in [-0.4, -0.2) is 24.2 Å². The van der Waals surface area contributed by atoms with Gasteiger partial charge in [-0.05, 0) is 31.4 Å². The third-order valence-electron chi connectivity index (χ3n) is 2.95. The van der Waals surface area contributed by atoms with Gasteiger partial charge >= 0.3 is 5.97 Å². The standard InChI is InChI=1S/C17H19NO3/c1-2-20-17(19)15-10-11-16(18-13-15)21-12-6-9-14-7-4-3-5-8-14/h3-5,7-8,10-11,13H,2,6,9,12H2,1H3. The Kier molecular flexibility index (Phi) is 5.76. The minimum Gasteiger partial charge on any atom is -0.478 e. The maximum atomic E-state index is 11.5. The molecule has 0 saturated heterocycles. The van der Waals surface area contributed by atoms with Gasteiger partial charge < -0.3 is 9.47 Å². The second-order valence-electron chi connectivity index (χ2n) is 4.54. The van der Waals surface area contributed by atoms with Crippen molar-refractivity contribution in [1.29, 1.82) is 0 Å². The molecule has 0 aliphatic carbocycles. The maximum absolute atomic E-state index is 11.5. The lowest BCUT2D eigenvalue weighted by atomic mass is 10.1. The molecule has 1 aromatic heterocycles. The summed E-state index contributed by atoms with van der Waals surface area (Å²) in [6, 6.07) is 13.6. The van der Waals surface area contributed by atoms with Gasteiger partial charge in [-0.2, -0.15) is 0 Å². The smallest absolute Gasteiger partial charge is 0.339 e. The highest BCUT2D eigenvalue weighted by atomic mass is 16.5. The van der Waals surface area contributed by atoms with E-state index in [4.69, 9.17) is 9.47 Å². The summed E-state index contributed by atoms with van der Waals surface area (Å²) in [6.45, 7) is 2.73. The molecule has 0 radical (unpaired) electrons. The van der Waals surface area contributed by atoms with Crippen LogP contribution in [0.2, 0.25) is 0 Å². The SMILES string of the molecule is CCOC(=O)c1ccc(OCCCc2ccccc2)nc1. The number of hydrogen-bond acceptors (Lipinski definition) is 4. The minimum atomic E-state index is -0.361. The molecule has 0 bridgehead atoms. The largest absolute Gasteiger partial charge is 0.478 e. The fraction of sp³-hybridized carbons (Fsp3) is 0.294. The van der Waals surface area contributed by atoms with Crippen LogP contribution in [0.1, 0.15) is 29.3 Å². The molecule has 21 heavy (non-hydrogen) atoms. The van der Waals surface area contributed by atoms with Gasteiger partial charge in [0, 0.05) is 12.3 Å². The van der Waals surface area contributed by atoms with E-state index in [1.165, 1.54) is 11.8 Å². The summed E-state index contributed by atoms with van der Waals surface area (Å²) in [7, 11) is 0. The van der Waals surface area contributed by atoms with Crippen LogP contribution in [0.5, 0.6) is 5.88 Å². The van der Waals surface area contributed by atoms with Crippen LogP contribution < -0.4 is 4.74 Å². The Morgan fingerprint density at radius 2 is 1.95 bits per heavy atom. The number of aromatic nitrogens is 1. The summed E-state index contributed by atoms with van der Waals surface area (Å²) in [6.07, 6.45) is 3.37. The second-order valence-corrected chi connectivity index (χ2v) is 4.54. The van der Waals surface area contributed by atoms with Crippen molar-refractivity contribution in [3.63, 3.8) is 0 Å². The lowest BCUT2D eigenvalue weighted by molar-refractivity contribution is 0.0526. The number of carbonyl (C=O) groups is 1. The third kappa shape index (κ3) is 4.91. The van der Waals surface area contributed by atoms with Gasteiger partial charge in [0.05, 0.1) is 18.8 Å². The van der Waals surface area contributed by atoms with Crippen molar-refractivity contribution in [1.82, 2.24) is 4.98 Å². The zero-order valence-electron chi connectivity index (χ0n) is 12.1. The van der Waals surface area contributed by atoms with Gasteiger partial charge in [-0.15, -0.1) is 0 Å². The molecule has 0 fully saturated rings. The molecule has 0 N–H and O–H groups in total. The van der Waals surface area contributed by atoms with Crippen LogP contribution >= 0.6 is 0 Å². The number of carbonyl (C=O) groups excluding carboxylic acids is 1. The van der Waals surface area contributed by atoms with E-state index in [-0.39, 0.29) is 5.97 Å². The number of nitrogens with zero attached hydrogens (tertiary/aromatic N) is 1. The summed E-state index contributed by atoms with van der Waals surface area (Å²) in [5.41, 5.74) is 1.74. The van der Waals surface area contributed by atoms with E-state index in [9.17, 15) is 4.79 Å². The summed E-state index contributed by atoms with van der Waals surface area (Å²) >= 11 is 0. The average molecular weight is 285 g/mol. The molecule has 0 saturated carbocycles. The predicted molar refractivity (Wildman–Crippen MR) is 80.5 cm³/mol. The first-order valence-corrected chi connectivity index (χ1v) is 7.09. The molecule has 4 heteroatoms. The van der Waals surface area contributed by atoms with E-state index < -0.39 is 0 Å². The molecule has 110 valence electrons. The topological polar surface area (TPSA) is 48.4 Å². The van der Waals surface area contributed by atoms with Crippen LogP contribution in [0.15, 0.2) is 48.7 Å². The highest BCUT2D eigenvalue weighted by Gasteiger charge is 2.06. The third-order valence-corrected chi connectivity index (χ3v) is 2.95. The van der Waals surface area contributed by atoms with Crippen LogP contribution in [0.4, 0.5) is 0 Å². The summed E-state index contributed by atoms with van der Waals surface area (Å²) in [5, 5.41) is 0. The van der Waals surface area contributed by atoms with Crippen LogP contribution in [0.25, 0.3) is 0 Å². The van der Waals surface area contributed by atoms with Gasteiger partial charge in [0.2, 0.25) is 5.88 Å². The first-order valence-electron chi connectivity index (χ1n) is 7.09. The zero-order chi connectivity index (χ0) is 14.9. The Bertz CT molecular complexity index is 552. The molecule has 1 heterocycles. The fourth-order valence-electron chi connectivity index (χ4n) is 1.90. The van der Waals surface area contributed by atoms with Crippen LogP contribution in [0, 0.1) is 0 Å². The first kappa shape index (κ1) is 15.0. The quantitative estimate of drug-likeness (QED) is 0.578. The Morgan fingerprint density at radius 1 is 1.14 bits per heavy atom. The number of pyridine rings is 1. The van der Waals surface area contributed by atoms with E-state index in [0.717, 1.165) is 12.8 Å². The number of ether oxygens (including phenoxy) is 2. The molecule has 1 aromatic carbocycles. The average Bonchev–Trinajstić information content (AvgIpc) is 2.53. The molecule has 0 spiro atoms. The number of aryl methyl sites for hydroxylation is 1. The van der Waals surface area contributed by atoms with Crippen LogP contribution in [0.3, 0.4) is 0 Å². The van der Waals surface area contributed by atoms with Gasteiger partial charge in [-0.3, -0.25) is 0 Å². The maximum Gasteiger partial charge on any atom is 0.339 e. The molecule has 0 atom stereocenters. The molecule has 2 aromatic rings. The van der Waals surface area contributed by atoms with E-state index in [1.54, 1.807) is 19.1 Å². The van der Waals surface area contributed by atoms with E-state index in [2.05, 4.69) is 17.1 Å². The van der Waals surface area contributed by atoms with Crippen molar-refractivity contribution in [3.05, 3.63) is 59.8 Å². The summed E-state index contributed by atoms with van der Waals surface area (Å²) in [4.78, 5) is 15.6. The van der Waals surface area contributed by atoms with Gasteiger partial charge in [0.25, 0.3) is 0 Å². The summed E-state index contributed by atoms with van der Waals surface area (Å²) in [5.74, 6) is 0.164. The Hall–Kier alpha value is -2.36. The highest BCUT2D eigenvalue weighted by molar-refractivity contribution is 5.89. The van der Waals surface area contributed by atoms with Crippen molar-refractivity contribution < 1.29 is 14.3 Å². The molecular weight excluding hydrogens is 266 g/mol. The lowest BCUT2D eigenvalue weighted by Crippen LogP contribution is -2.06. The second kappa shape index (κ2) is 8.04.